The molecule has 0 aliphatic carbocycles. The molecule has 2 nitrogen and oxygen atoms in total. The third-order valence-corrected chi connectivity index (χ3v) is 3.95. The lowest BCUT2D eigenvalue weighted by Gasteiger charge is -2.17. The van der Waals surface area contributed by atoms with Crippen LogP contribution in [-0.2, 0) is 0 Å². The molecule has 1 aliphatic heterocycles. The monoisotopic (exact) mass is 331 g/mol. The summed E-state index contributed by atoms with van der Waals surface area (Å²) in [5.74, 6) is -1.71. The number of benzene rings is 1. The third kappa shape index (κ3) is 3.14. The van der Waals surface area contributed by atoms with Crippen molar-refractivity contribution < 1.29 is 13.6 Å². The quantitative estimate of drug-likeness (QED) is 0.820. The molecule has 2 rings (SSSR count). The summed E-state index contributed by atoms with van der Waals surface area (Å²) in [6.07, 6.45) is 3.03. The number of nitrogens with zero attached hydrogens (tertiary/aromatic N) is 1. The molecule has 0 bridgehead atoms. The maximum absolute atomic E-state index is 13.7. The Bertz CT molecular complexity index is 469. The molecule has 1 heterocycles. The first-order chi connectivity index (χ1) is 9.02. The summed E-state index contributed by atoms with van der Waals surface area (Å²) in [4.78, 5) is 13.7. The van der Waals surface area contributed by atoms with Crippen molar-refractivity contribution in [3.63, 3.8) is 0 Å². The first-order valence-corrected chi connectivity index (χ1v) is 7.26. The van der Waals surface area contributed by atoms with Crippen LogP contribution in [0.3, 0.4) is 0 Å². The van der Waals surface area contributed by atoms with Gasteiger partial charge in [0.25, 0.3) is 5.91 Å². The van der Waals surface area contributed by atoms with Crippen molar-refractivity contribution in [1.82, 2.24) is 4.90 Å². The van der Waals surface area contributed by atoms with Crippen molar-refractivity contribution in [2.24, 2.45) is 5.92 Å². The fraction of sp³-hybridized carbons (Fsp3) is 0.500. The van der Waals surface area contributed by atoms with Crippen LogP contribution < -0.4 is 0 Å². The molecule has 1 aromatic rings. The summed E-state index contributed by atoms with van der Waals surface area (Å²) in [6, 6.07) is 2.24. The number of hydrogen-bond donors (Lipinski definition) is 0. The van der Waals surface area contributed by atoms with Crippen LogP contribution in [-0.4, -0.2) is 23.9 Å². The molecule has 0 spiro atoms. The Morgan fingerprint density at radius 3 is 2.63 bits per heavy atom. The highest BCUT2D eigenvalue weighted by Gasteiger charge is 2.29. The van der Waals surface area contributed by atoms with Crippen LogP contribution in [0.5, 0.6) is 0 Å². The lowest BCUT2D eigenvalue weighted by Crippen LogP contribution is -2.30. The summed E-state index contributed by atoms with van der Waals surface area (Å²) < 4.78 is 27.8. The number of rotatable bonds is 3. The van der Waals surface area contributed by atoms with Gasteiger partial charge in [0.05, 0.1) is 0 Å². The number of halogens is 3. The second kappa shape index (κ2) is 5.99. The van der Waals surface area contributed by atoms with E-state index in [1.54, 1.807) is 4.90 Å². The fourth-order valence-corrected chi connectivity index (χ4v) is 2.97. The molecule has 1 amide bonds. The van der Waals surface area contributed by atoms with Gasteiger partial charge in [-0.3, -0.25) is 4.79 Å². The first kappa shape index (κ1) is 14.4. The molecule has 1 atom stereocenters. The Labute approximate surface area is 119 Å². The van der Waals surface area contributed by atoms with E-state index in [2.05, 4.69) is 22.9 Å². The summed E-state index contributed by atoms with van der Waals surface area (Å²) in [5.41, 5.74) is -0.444. The number of carbonyl (C=O) groups is 1. The highest BCUT2D eigenvalue weighted by atomic mass is 79.9. The molecule has 1 saturated heterocycles. The van der Waals surface area contributed by atoms with E-state index in [1.807, 2.05) is 0 Å². The maximum Gasteiger partial charge on any atom is 0.259 e. The lowest BCUT2D eigenvalue weighted by atomic mass is 10.0. The second-order valence-corrected chi connectivity index (χ2v) is 5.85. The largest absolute Gasteiger partial charge is 0.338 e. The van der Waals surface area contributed by atoms with Gasteiger partial charge in [-0.2, -0.15) is 0 Å². The van der Waals surface area contributed by atoms with E-state index in [1.165, 1.54) is 0 Å². The highest BCUT2D eigenvalue weighted by molar-refractivity contribution is 9.10. The van der Waals surface area contributed by atoms with Crippen molar-refractivity contribution in [1.29, 1.82) is 0 Å². The predicted molar refractivity (Wildman–Crippen MR) is 73.0 cm³/mol. The predicted octanol–water partition coefficient (Wildman–Crippen LogP) is 3.99. The maximum atomic E-state index is 13.7. The van der Waals surface area contributed by atoms with Gasteiger partial charge in [-0.15, -0.1) is 0 Å². The minimum absolute atomic E-state index is 0.296. The molecule has 0 saturated carbocycles. The van der Waals surface area contributed by atoms with E-state index in [9.17, 15) is 13.6 Å². The topological polar surface area (TPSA) is 20.3 Å². The van der Waals surface area contributed by atoms with Crippen molar-refractivity contribution >= 4 is 21.8 Å². The van der Waals surface area contributed by atoms with E-state index >= 15 is 0 Å². The van der Waals surface area contributed by atoms with Gasteiger partial charge in [0.15, 0.2) is 0 Å². The van der Waals surface area contributed by atoms with Crippen LogP contribution in [0.25, 0.3) is 0 Å². The minimum atomic E-state index is -0.809. The van der Waals surface area contributed by atoms with E-state index < -0.39 is 23.1 Å². The number of likely N-dealkylation sites (tertiary alicyclic amines) is 1. The number of amides is 1. The molecule has 0 radical (unpaired) electrons. The molecule has 19 heavy (non-hydrogen) atoms. The summed E-state index contributed by atoms with van der Waals surface area (Å²) in [5, 5.41) is 0. The van der Waals surface area contributed by atoms with Crippen molar-refractivity contribution in [2.45, 2.75) is 26.2 Å². The van der Waals surface area contributed by atoms with Gasteiger partial charge in [0.2, 0.25) is 0 Å². The van der Waals surface area contributed by atoms with Crippen LogP contribution in [0.4, 0.5) is 8.78 Å². The average molecular weight is 332 g/mol. The minimum Gasteiger partial charge on any atom is -0.338 e. The SMILES string of the molecule is CCCC1CCN(C(=O)c2c(F)cc(Br)cc2F)C1. The zero-order chi connectivity index (χ0) is 14.0. The summed E-state index contributed by atoms with van der Waals surface area (Å²) in [7, 11) is 0. The van der Waals surface area contributed by atoms with Crippen molar-refractivity contribution in [2.75, 3.05) is 13.1 Å². The second-order valence-electron chi connectivity index (χ2n) is 4.94. The standard InChI is InChI=1S/C14H16BrF2NO/c1-2-3-9-4-5-18(8-9)14(19)13-11(16)6-10(15)7-12(13)17/h6-7,9H,2-5,8H2,1H3. The molecule has 0 N–H and O–H groups in total. The molecule has 1 aromatic carbocycles. The van der Waals surface area contributed by atoms with Gasteiger partial charge in [-0.25, -0.2) is 8.78 Å². The smallest absolute Gasteiger partial charge is 0.259 e. The fourth-order valence-electron chi connectivity index (χ4n) is 2.57. The van der Waals surface area contributed by atoms with Gasteiger partial charge >= 0.3 is 0 Å². The number of carbonyl (C=O) groups excluding carboxylic acids is 1. The van der Waals surface area contributed by atoms with Gasteiger partial charge in [0, 0.05) is 17.6 Å². The molecule has 1 aliphatic rings. The van der Waals surface area contributed by atoms with Crippen molar-refractivity contribution in [3.05, 3.63) is 33.8 Å². The van der Waals surface area contributed by atoms with E-state index in [4.69, 9.17) is 0 Å². The molecular weight excluding hydrogens is 316 g/mol. The van der Waals surface area contributed by atoms with Gasteiger partial charge in [-0.05, 0) is 30.9 Å². The van der Waals surface area contributed by atoms with E-state index in [0.29, 0.717) is 23.5 Å². The van der Waals surface area contributed by atoms with Gasteiger partial charge < -0.3 is 4.90 Å². The molecule has 1 unspecified atom stereocenters. The number of hydrogen-bond acceptors (Lipinski definition) is 1. The average Bonchev–Trinajstić information content (AvgIpc) is 2.76. The first-order valence-electron chi connectivity index (χ1n) is 6.46. The Morgan fingerprint density at radius 1 is 1.42 bits per heavy atom. The Hall–Kier alpha value is -0.970. The van der Waals surface area contributed by atoms with Crippen LogP contribution >= 0.6 is 15.9 Å². The Kier molecular flexibility index (Phi) is 4.55. The van der Waals surface area contributed by atoms with Crippen LogP contribution in [0.2, 0.25) is 0 Å². The lowest BCUT2D eigenvalue weighted by molar-refractivity contribution is 0.0776. The summed E-state index contributed by atoms with van der Waals surface area (Å²) >= 11 is 3.00. The Balaban J connectivity index is 2.17. The molecule has 104 valence electrons. The highest BCUT2D eigenvalue weighted by Crippen LogP contribution is 2.25. The third-order valence-electron chi connectivity index (χ3n) is 3.49. The molecule has 5 heteroatoms. The molecule has 0 aromatic heterocycles. The summed E-state index contributed by atoms with van der Waals surface area (Å²) in [6.45, 7) is 3.28. The van der Waals surface area contributed by atoms with E-state index in [0.717, 1.165) is 31.4 Å². The normalized spacial score (nSPS) is 18.9. The van der Waals surface area contributed by atoms with Gasteiger partial charge in [-0.1, -0.05) is 29.3 Å². The van der Waals surface area contributed by atoms with E-state index in [-0.39, 0.29) is 0 Å². The van der Waals surface area contributed by atoms with Crippen LogP contribution in [0.15, 0.2) is 16.6 Å². The molecule has 1 fully saturated rings. The van der Waals surface area contributed by atoms with Crippen LogP contribution in [0, 0.1) is 17.6 Å². The van der Waals surface area contributed by atoms with Crippen molar-refractivity contribution in [3.8, 4) is 0 Å². The zero-order valence-corrected chi connectivity index (χ0v) is 12.3. The zero-order valence-electron chi connectivity index (χ0n) is 10.8. The van der Waals surface area contributed by atoms with Crippen LogP contribution in [0.1, 0.15) is 36.5 Å². The molecular formula is C14H16BrF2NO. The van der Waals surface area contributed by atoms with Gasteiger partial charge in [0.1, 0.15) is 17.2 Å². The Morgan fingerprint density at radius 2 is 2.05 bits per heavy atom.